The highest BCUT2D eigenvalue weighted by Crippen LogP contribution is 2.48. The fourth-order valence-electron chi connectivity index (χ4n) is 2.96. The molecule has 2 aliphatic rings. The van der Waals surface area contributed by atoms with Gasteiger partial charge < -0.3 is 5.32 Å². The molecule has 5 heteroatoms. The second kappa shape index (κ2) is 5.48. The SMILES string of the molecule is O=[N+]([O-])c1ccc(CNCC(C2CC2)C2CC2)cc1F. The molecule has 0 radical (unpaired) electrons. The molecule has 2 saturated carbocycles. The van der Waals surface area contributed by atoms with Crippen molar-refractivity contribution in [1.82, 2.24) is 5.32 Å². The van der Waals surface area contributed by atoms with E-state index in [9.17, 15) is 14.5 Å². The number of halogens is 1. The Morgan fingerprint density at radius 1 is 1.30 bits per heavy atom. The number of hydrogen-bond acceptors (Lipinski definition) is 3. The van der Waals surface area contributed by atoms with Gasteiger partial charge in [-0.3, -0.25) is 10.1 Å². The smallest absolute Gasteiger partial charge is 0.304 e. The summed E-state index contributed by atoms with van der Waals surface area (Å²) in [6.07, 6.45) is 5.42. The molecule has 4 nitrogen and oxygen atoms in total. The molecular formula is C15H19FN2O2. The van der Waals surface area contributed by atoms with E-state index in [1.807, 2.05) is 0 Å². The van der Waals surface area contributed by atoms with E-state index in [4.69, 9.17) is 0 Å². The van der Waals surface area contributed by atoms with Crippen LogP contribution in [0.2, 0.25) is 0 Å². The summed E-state index contributed by atoms with van der Waals surface area (Å²) in [7, 11) is 0. The van der Waals surface area contributed by atoms with Crippen LogP contribution in [0.25, 0.3) is 0 Å². The molecule has 0 saturated heterocycles. The molecule has 20 heavy (non-hydrogen) atoms. The molecule has 0 spiro atoms. The third-order valence-corrected chi connectivity index (χ3v) is 4.37. The summed E-state index contributed by atoms with van der Waals surface area (Å²) in [5.41, 5.74) is 0.307. The van der Waals surface area contributed by atoms with Crippen LogP contribution in [-0.2, 0) is 6.54 Å². The zero-order chi connectivity index (χ0) is 14.1. The predicted molar refractivity (Wildman–Crippen MR) is 73.7 cm³/mol. The fraction of sp³-hybridized carbons (Fsp3) is 0.600. The van der Waals surface area contributed by atoms with Crippen LogP contribution < -0.4 is 5.32 Å². The second-order valence-electron chi connectivity index (χ2n) is 6.01. The number of nitrogens with zero attached hydrogens (tertiary/aromatic N) is 1. The maximum atomic E-state index is 13.5. The lowest BCUT2D eigenvalue weighted by Crippen LogP contribution is -2.25. The van der Waals surface area contributed by atoms with E-state index < -0.39 is 16.4 Å². The summed E-state index contributed by atoms with van der Waals surface area (Å²) in [6.45, 7) is 1.55. The summed E-state index contributed by atoms with van der Waals surface area (Å²) in [4.78, 5) is 9.86. The molecule has 1 aromatic carbocycles. The highest BCUT2D eigenvalue weighted by molar-refractivity contribution is 5.34. The van der Waals surface area contributed by atoms with Crippen molar-refractivity contribution in [2.45, 2.75) is 32.2 Å². The van der Waals surface area contributed by atoms with Gasteiger partial charge in [0.2, 0.25) is 5.82 Å². The molecule has 0 aromatic heterocycles. The van der Waals surface area contributed by atoms with E-state index in [0.29, 0.717) is 6.54 Å². The van der Waals surface area contributed by atoms with Crippen molar-refractivity contribution in [3.05, 3.63) is 39.7 Å². The average Bonchev–Trinajstić information content (AvgIpc) is 3.27. The summed E-state index contributed by atoms with van der Waals surface area (Å²) in [5, 5.41) is 13.9. The normalized spacial score (nSPS) is 18.5. The zero-order valence-corrected chi connectivity index (χ0v) is 11.3. The largest absolute Gasteiger partial charge is 0.312 e. The summed E-state index contributed by atoms with van der Waals surface area (Å²) >= 11 is 0. The third-order valence-electron chi connectivity index (χ3n) is 4.37. The van der Waals surface area contributed by atoms with Gasteiger partial charge in [-0.1, -0.05) is 6.07 Å². The van der Waals surface area contributed by atoms with Crippen LogP contribution in [0.3, 0.4) is 0 Å². The number of nitrogens with one attached hydrogen (secondary N) is 1. The van der Waals surface area contributed by atoms with Gasteiger partial charge in [0, 0.05) is 12.6 Å². The molecule has 0 heterocycles. The molecule has 1 aromatic rings. The van der Waals surface area contributed by atoms with Gasteiger partial charge in [0.05, 0.1) is 4.92 Å². The van der Waals surface area contributed by atoms with Crippen LogP contribution >= 0.6 is 0 Å². The topological polar surface area (TPSA) is 55.2 Å². The first-order valence-corrected chi connectivity index (χ1v) is 7.28. The van der Waals surface area contributed by atoms with Gasteiger partial charge in [-0.25, -0.2) is 0 Å². The van der Waals surface area contributed by atoms with E-state index in [-0.39, 0.29) is 0 Å². The summed E-state index contributed by atoms with van der Waals surface area (Å²) in [5.74, 6) is 1.81. The van der Waals surface area contributed by atoms with E-state index in [2.05, 4.69) is 5.32 Å². The second-order valence-corrected chi connectivity index (χ2v) is 6.01. The molecule has 108 valence electrons. The summed E-state index contributed by atoms with van der Waals surface area (Å²) in [6, 6.07) is 4.12. The number of nitro benzene ring substituents is 1. The number of hydrogen-bond donors (Lipinski definition) is 1. The predicted octanol–water partition coefficient (Wildman–Crippen LogP) is 3.26. The van der Waals surface area contributed by atoms with Crippen molar-refractivity contribution in [2.24, 2.45) is 17.8 Å². The van der Waals surface area contributed by atoms with Crippen molar-refractivity contribution < 1.29 is 9.31 Å². The van der Waals surface area contributed by atoms with E-state index >= 15 is 0 Å². The van der Waals surface area contributed by atoms with Gasteiger partial charge >= 0.3 is 5.69 Å². The van der Waals surface area contributed by atoms with E-state index in [1.54, 1.807) is 6.07 Å². The fourth-order valence-corrected chi connectivity index (χ4v) is 2.96. The molecule has 0 unspecified atom stereocenters. The van der Waals surface area contributed by atoms with Gasteiger partial charge in [-0.05, 0) is 61.6 Å². The molecule has 1 N–H and O–H groups in total. The Balaban J connectivity index is 1.52. The van der Waals surface area contributed by atoms with Crippen molar-refractivity contribution in [2.75, 3.05) is 6.54 Å². The lowest BCUT2D eigenvalue weighted by atomic mass is 9.98. The molecule has 0 atom stereocenters. The molecular weight excluding hydrogens is 259 g/mol. The van der Waals surface area contributed by atoms with Gasteiger partial charge in [-0.2, -0.15) is 4.39 Å². The lowest BCUT2D eigenvalue weighted by Gasteiger charge is -2.16. The highest BCUT2D eigenvalue weighted by atomic mass is 19.1. The van der Waals surface area contributed by atoms with Crippen LogP contribution in [-0.4, -0.2) is 11.5 Å². The minimum atomic E-state index is -0.754. The Kier molecular flexibility index (Phi) is 3.70. The Bertz CT molecular complexity index is 501. The highest BCUT2D eigenvalue weighted by Gasteiger charge is 2.40. The Morgan fingerprint density at radius 3 is 2.45 bits per heavy atom. The first-order valence-electron chi connectivity index (χ1n) is 7.28. The van der Waals surface area contributed by atoms with Gasteiger partial charge in [0.15, 0.2) is 0 Å². The van der Waals surface area contributed by atoms with E-state index in [1.165, 1.54) is 37.8 Å². The van der Waals surface area contributed by atoms with Crippen molar-refractivity contribution in [3.63, 3.8) is 0 Å². The van der Waals surface area contributed by atoms with Crippen molar-refractivity contribution >= 4 is 5.69 Å². The molecule has 0 aliphatic heterocycles. The maximum absolute atomic E-state index is 13.5. The first-order chi connectivity index (χ1) is 9.65. The third kappa shape index (κ3) is 3.15. The van der Waals surface area contributed by atoms with Crippen LogP contribution in [0, 0.1) is 33.7 Å². The minimum Gasteiger partial charge on any atom is -0.312 e. The zero-order valence-electron chi connectivity index (χ0n) is 11.3. The molecule has 0 bridgehead atoms. The Morgan fingerprint density at radius 2 is 1.95 bits per heavy atom. The van der Waals surface area contributed by atoms with Gasteiger partial charge in [0.25, 0.3) is 0 Å². The first kappa shape index (κ1) is 13.5. The van der Waals surface area contributed by atoms with Crippen molar-refractivity contribution in [1.29, 1.82) is 0 Å². The monoisotopic (exact) mass is 278 g/mol. The number of rotatable bonds is 7. The Hall–Kier alpha value is -1.49. The molecule has 2 aliphatic carbocycles. The van der Waals surface area contributed by atoms with Gasteiger partial charge in [-0.15, -0.1) is 0 Å². The standard InChI is InChI=1S/C15H19FN2O2/c16-14-7-10(1-6-15(14)18(19)20)8-17-9-13(11-2-3-11)12-4-5-12/h1,6-7,11-13,17H,2-5,8-9H2. The summed E-state index contributed by atoms with van der Waals surface area (Å²) < 4.78 is 13.5. The Labute approximate surface area is 117 Å². The average molecular weight is 278 g/mol. The maximum Gasteiger partial charge on any atom is 0.304 e. The van der Waals surface area contributed by atoms with Crippen LogP contribution in [0.1, 0.15) is 31.2 Å². The quantitative estimate of drug-likeness (QED) is 0.615. The van der Waals surface area contributed by atoms with Crippen molar-refractivity contribution in [3.8, 4) is 0 Å². The van der Waals surface area contributed by atoms with E-state index in [0.717, 1.165) is 29.9 Å². The molecule has 0 amide bonds. The number of nitro groups is 1. The molecule has 2 fully saturated rings. The van der Waals surface area contributed by atoms with Crippen LogP contribution in [0.5, 0.6) is 0 Å². The lowest BCUT2D eigenvalue weighted by molar-refractivity contribution is -0.387. The van der Waals surface area contributed by atoms with Gasteiger partial charge in [0.1, 0.15) is 0 Å². The minimum absolute atomic E-state index is 0.456. The molecule has 3 rings (SSSR count). The number of benzene rings is 1. The van der Waals surface area contributed by atoms with Crippen LogP contribution in [0.4, 0.5) is 10.1 Å². The van der Waals surface area contributed by atoms with Crippen LogP contribution in [0.15, 0.2) is 18.2 Å².